The van der Waals surface area contributed by atoms with Gasteiger partial charge < -0.3 is 10.4 Å². The van der Waals surface area contributed by atoms with Crippen LogP contribution in [0, 0.1) is 11.8 Å². The molecule has 2 N–H and O–H groups in total. The topological polar surface area (TPSA) is 49.3 Å². The van der Waals surface area contributed by atoms with Crippen molar-refractivity contribution in [3.8, 4) is 0 Å². The van der Waals surface area contributed by atoms with Crippen LogP contribution in [0.5, 0.6) is 0 Å². The summed E-state index contributed by atoms with van der Waals surface area (Å²) in [6.45, 7) is 4.09. The lowest BCUT2D eigenvalue weighted by Crippen LogP contribution is -2.40. The maximum Gasteiger partial charge on any atom is 0.223 e. The third-order valence-corrected chi connectivity index (χ3v) is 3.05. The lowest BCUT2D eigenvalue weighted by Gasteiger charge is -2.26. The molecule has 0 spiro atoms. The van der Waals surface area contributed by atoms with Gasteiger partial charge in [0.15, 0.2) is 0 Å². The average molecular weight is 199 g/mol. The highest BCUT2D eigenvalue weighted by atomic mass is 16.3. The molecule has 0 aromatic rings. The number of carbonyl (C=O) groups is 1. The predicted octanol–water partition coefficient (Wildman–Crippen LogP) is 1.31. The minimum Gasteiger partial charge on any atom is -0.394 e. The molecule has 1 fully saturated rings. The average Bonchev–Trinajstić information content (AvgIpc) is 2.18. The van der Waals surface area contributed by atoms with Crippen LogP contribution in [0.4, 0.5) is 0 Å². The summed E-state index contributed by atoms with van der Waals surface area (Å²) in [7, 11) is 0. The quantitative estimate of drug-likeness (QED) is 0.720. The highest BCUT2D eigenvalue weighted by Gasteiger charge is 2.24. The van der Waals surface area contributed by atoms with Crippen LogP contribution in [0.2, 0.25) is 0 Å². The fourth-order valence-corrected chi connectivity index (χ4v) is 1.93. The molecule has 1 aliphatic carbocycles. The van der Waals surface area contributed by atoms with Gasteiger partial charge in [-0.1, -0.05) is 6.92 Å². The molecule has 0 saturated heterocycles. The number of amides is 1. The molecule has 0 heterocycles. The molecule has 3 nitrogen and oxygen atoms in total. The number of aliphatic hydroxyl groups is 1. The minimum absolute atomic E-state index is 0.0227. The highest BCUT2D eigenvalue weighted by molar-refractivity contribution is 5.78. The fraction of sp³-hybridized carbons (Fsp3) is 0.909. The summed E-state index contributed by atoms with van der Waals surface area (Å²) in [5.41, 5.74) is 0. The summed E-state index contributed by atoms with van der Waals surface area (Å²) < 4.78 is 0. The lowest BCUT2D eigenvalue weighted by atomic mass is 9.82. The van der Waals surface area contributed by atoms with Crippen molar-refractivity contribution in [1.29, 1.82) is 0 Å². The molecular weight excluding hydrogens is 178 g/mol. The van der Waals surface area contributed by atoms with E-state index in [4.69, 9.17) is 5.11 Å². The monoisotopic (exact) mass is 199 g/mol. The van der Waals surface area contributed by atoms with E-state index in [1.54, 1.807) is 0 Å². The van der Waals surface area contributed by atoms with Crippen LogP contribution in [-0.2, 0) is 4.79 Å². The van der Waals surface area contributed by atoms with Crippen molar-refractivity contribution >= 4 is 5.91 Å². The summed E-state index contributed by atoms with van der Waals surface area (Å²) in [6.07, 6.45) is 4.33. The molecule has 1 rings (SSSR count). The van der Waals surface area contributed by atoms with Crippen LogP contribution < -0.4 is 5.32 Å². The van der Waals surface area contributed by atoms with Crippen molar-refractivity contribution in [1.82, 2.24) is 5.32 Å². The molecule has 0 unspecified atom stereocenters. The maximum atomic E-state index is 11.7. The van der Waals surface area contributed by atoms with Crippen molar-refractivity contribution in [2.75, 3.05) is 6.61 Å². The van der Waals surface area contributed by atoms with Crippen LogP contribution in [0.1, 0.15) is 39.5 Å². The molecule has 1 aliphatic rings. The van der Waals surface area contributed by atoms with E-state index in [0.29, 0.717) is 0 Å². The van der Waals surface area contributed by atoms with Crippen molar-refractivity contribution in [3.05, 3.63) is 0 Å². The summed E-state index contributed by atoms with van der Waals surface area (Å²) in [5.74, 6) is 1.08. The first-order valence-electron chi connectivity index (χ1n) is 5.54. The van der Waals surface area contributed by atoms with Crippen LogP contribution in [0.25, 0.3) is 0 Å². The van der Waals surface area contributed by atoms with E-state index in [9.17, 15) is 4.79 Å². The van der Waals surface area contributed by atoms with Crippen LogP contribution >= 0.6 is 0 Å². The van der Waals surface area contributed by atoms with E-state index < -0.39 is 0 Å². The Morgan fingerprint density at radius 2 is 2.00 bits per heavy atom. The minimum atomic E-state index is -0.109. The number of carbonyl (C=O) groups excluding carboxylic acids is 1. The highest BCUT2D eigenvalue weighted by Crippen LogP contribution is 2.28. The van der Waals surface area contributed by atoms with E-state index >= 15 is 0 Å². The number of aliphatic hydroxyl groups excluding tert-OH is 1. The molecule has 1 saturated carbocycles. The van der Waals surface area contributed by atoms with Gasteiger partial charge in [0.25, 0.3) is 0 Å². The Bertz CT molecular complexity index is 186. The van der Waals surface area contributed by atoms with Gasteiger partial charge in [-0.05, 0) is 38.5 Å². The van der Waals surface area contributed by atoms with E-state index in [1.807, 2.05) is 6.92 Å². The predicted molar refractivity (Wildman–Crippen MR) is 55.8 cm³/mol. The molecule has 1 amide bonds. The van der Waals surface area contributed by atoms with Gasteiger partial charge in [-0.25, -0.2) is 0 Å². The summed E-state index contributed by atoms with van der Waals surface area (Å²) in [6, 6.07) is -0.109. The Balaban J connectivity index is 2.30. The van der Waals surface area contributed by atoms with Crippen molar-refractivity contribution < 1.29 is 9.90 Å². The Hall–Kier alpha value is -0.570. The fourth-order valence-electron chi connectivity index (χ4n) is 1.93. The van der Waals surface area contributed by atoms with Crippen molar-refractivity contribution in [2.24, 2.45) is 11.8 Å². The second-order valence-electron chi connectivity index (χ2n) is 4.55. The van der Waals surface area contributed by atoms with Crippen LogP contribution in [-0.4, -0.2) is 23.7 Å². The Labute approximate surface area is 85.9 Å². The first-order valence-corrected chi connectivity index (χ1v) is 5.54. The Morgan fingerprint density at radius 3 is 2.50 bits per heavy atom. The molecule has 0 aromatic carbocycles. The van der Waals surface area contributed by atoms with Gasteiger partial charge in [-0.15, -0.1) is 0 Å². The second kappa shape index (κ2) is 5.35. The number of rotatable bonds is 3. The van der Waals surface area contributed by atoms with E-state index in [-0.39, 0.29) is 24.5 Å². The molecule has 0 aliphatic heterocycles. The zero-order valence-electron chi connectivity index (χ0n) is 9.12. The van der Waals surface area contributed by atoms with Crippen molar-refractivity contribution in [3.63, 3.8) is 0 Å². The maximum absolute atomic E-state index is 11.7. The van der Waals surface area contributed by atoms with Crippen molar-refractivity contribution in [2.45, 2.75) is 45.6 Å². The number of hydrogen-bond donors (Lipinski definition) is 2. The van der Waals surface area contributed by atoms with Gasteiger partial charge >= 0.3 is 0 Å². The molecule has 0 aromatic heterocycles. The third-order valence-electron chi connectivity index (χ3n) is 3.05. The molecule has 1 atom stereocenters. The summed E-state index contributed by atoms with van der Waals surface area (Å²) >= 11 is 0. The lowest BCUT2D eigenvalue weighted by molar-refractivity contribution is -0.127. The first-order chi connectivity index (χ1) is 6.63. The Kier molecular flexibility index (Phi) is 4.39. The molecule has 3 heteroatoms. The zero-order chi connectivity index (χ0) is 10.6. The van der Waals surface area contributed by atoms with E-state index in [2.05, 4.69) is 12.2 Å². The smallest absolute Gasteiger partial charge is 0.223 e. The molecule has 14 heavy (non-hydrogen) atoms. The number of hydrogen-bond acceptors (Lipinski definition) is 2. The van der Waals surface area contributed by atoms with Gasteiger partial charge in [-0.3, -0.25) is 4.79 Å². The molecule has 82 valence electrons. The second-order valence-corrected chi connectivity index (χ2v) is 4.55. The molecule has 0 bridgehead atoms. The first kappa shape index (κ1) is 11.5. The van der Waals surface area contributed by atoms with Gasteiger partial charge in [0.2, 0.25) is 5.91 Å². The van der Waals surface area contributed by atoms with Gasteiger partial charge in [0, 0.05) is 12.0 Å². The van der Waals surface area contributed by atoms with Gasteiger partial charge in [-0.2, -0.15) is 0 Å². The zero-order valence-corrected chi connectivity index (χ0v) is 9.12. The standard InChI is InChI=1S/C11H21NO2/c1-8-3-5-10(6-4-8)11(14)12-9(2)7-13/h8-10,13H,3-7H2,1-2H3,(H,12,14)/t8-,9-,10-/m1/s1. The van der Waals surface area contributed by atoms with Gasteiger partial charge in [0.1, 0.15) is 0 Å². The molecule has 0 radical (unpaired) electrons. The SMILES string of the molecule is C[C@H](CO)NC(=O)[C@H]1CC[C@H](C)CC1. The Morgan fingerprint density at radius 1 is 1.43 bits per heavy atom. The normalized spacial score (nSPS) is 29.6. The van der Waals surface area contributed by atoms with E-state index in [0.717, 1.165) is 31.6 Å². The number of nitrogens with one attached hydrogen (secondary N) is 1. The summed E-state index contributed by atoms with van der Waals surface area (Å²) in [4.78, 5) is 11.7. The van der Waals surface area contributed by atoms with Gasteiger partial charge in [0.05, 0.1) is 6.61 Å². The third kappa shape index (κ3) is 3.29. The van der Waals surface area contributed by atoms with Crippen LogP contribution in [0.15, 0.2) is 0 Å². The van der Waals surface area contributed by atoms with E-state index in [1.165, 1.54) is 0 Å². The van der Waals surface area contributed by atoms with Crippen LogP contribution in [0.3, 0.4) is 0 Å². The molecular formula is C11H21NO2. The summed E-state index contributed by atoms with van der Waals surface area (Å²) in [5, 5.41) is 11.6. The largest absolute Gasteiger partial charge is 0.394 e.